The fourth-order valence-electron chi connectivity index (χ4n) is 5.35. The van der Waals surface area contributed by atoms with Gasteiger partial charge in [-0.05, 0) is 70.8 Å². The summed E-state index contributed by atoms with van der Waals surface area (Å²) in [7, 11) is 0. The predicted octanol–water partition coefficient (Wildman–Crippen LogP) is 10.6. The van der Waals surface area contributed by atoms with Crippen LogP contribution < -0.4 is 4.90 Å². The smallest absolute Gasteiger partial charge is 0.139 e. The van der Waals surface area contributed by atoms with E-state index >= 15 is 0 Å². The van der Waals surface area contributed by atoms with E-state index in [1.807, 2.05) is 42.5 Å². The number of rotatable bonds is 7. The van der Waals surface area contributed by atoms with Gasteiger partial charge < -0.3 is 0 Å². The fourth-order valence-corrected chi connectivity index (χ4v) is 5.35. The third-order valence-electron chi connectivity index (χ3n) is 7.47. The summed E-state index contributed by atoms with van der Waals surface area (Å²) in [4.78, 5) is 12.5. The van der Waals surface area contributed by atoms with Gasteiger partial charge in [-0.3, -0.25) is 4.90 Å². The van der Waals surface area contributed by atoms with E-state index in [1.165, 1.54) is 11.1 Å². The molecule has 7 aromatic rings. The average Bonchev–Trinajstić information content (AvgIpc) is 3.10. The lowest BCUT2D eigenvalue weighted by Crippen LogP contribution is -2.13. The Morgan fingerprint density at radius 1 is 0.302 bits per heavy atom. The maximum absolute atomic E-state index is 5.17. The Morgan fingerprint density at radius 2 is 0.674 bits per heavy atom. The third-order valence-corrected chi connectivity index (χ3v) is 7.47. The summed E-state index contributed by atoms with van der Waals surface area (Å²) in [6.07, 6.45) is 0. The molecule has 0 aliphatic rings. The number of benzene rings is 5. The molecule has 0 aliphatic heterocycles. The van der Waals surface area contributed by atoms with Crippen LogP contribution in [0, 0.1) is 0 Å². The number of pyridine rings is 2. The summed E-state index contributed by atoms with van der Waals surface area (Å²) >= 11 is 0. The first-order chi connectivity index (χ1) is 21.3. The minimum Gasteiger partial charge on any atom is -0.279 e. The van der Waals surface area contributed by atoms with Gasteiger partial charge in [0, 0.05) is 16.8 Å². The fraction of sp³-hybridized carbons (Fsp3) is 0. The van der Waals surface area contributed by atoms with Gasteiger partial charge in [0.05, 0.1) is 11.4 Å². The van der Waals surface area contributed by atoms with Crippen LogP contribution in [0.4, 0.5) is 17.3 Å². The van der Waals surface area contributed by atoms with Crippen LogP contribution in [0.2, 0.25) is 0 Å². The second kappa shape index (κ2) is 12.0. The lowest BCUT2D eigenvalue weighted by molar-refractivity contribution is 1.13. The second-order valence-electron chi connectivity index (χ2n) is 10.3. The number of para-hydroxylation sites is 1. The van der Waals surface area contributed by atoms with Gasteiger partial charge in [0.2, 0.25) is 0 Å². The Balaban J connectivity index is 1.29. The second-order valence-corrected chi connectivity index (χ2v) is 10.3. The first-order valence-corrected chi connectivity index (χ1v) is 14.4. The minimum atomic E-state index is 0.802. The van der Waals surface area contributed by atoms with E-state index in [-0.39, 0.29) is 0 Å². The topological polar surface area (TPSA) is 29.0 Å². The molecular formula is C40H29N3. The molecule has 0 N–H and O–H groups in total. The monoisotopic (exact) mass is 551 g/mol. The van der Waals surface area contributed by atoms with Crippen molar-refractivity contribution in [3.05, 3.63) is 176 Å². The van der Waals surface area contributed by atoms with Crippen molar-refractivity contribution >= 4 is 17.3 Å². The van der Waals surface area contributed by atoms with Crippen molar-refractivity contribution in [2.45, 2.75) is 0 Å². The number of hydrogen-bond donors (Lipinski definition) is 0. The first kappa shape index (κ1) is 26.1. The maximum atomic E-state index is 5.17. The highest BCUT2D eigenvalue weighted by atomic mass is 15.2. The van der Waals surface area contributed by atoms with Crippen LogP contribution in [0.1, 0.15) is 0 Å². The van der Waals surface area contributed by atoms with Gasteiger partial charge in [-0.2, -0.15) is 0 Å². The molecule has 0 saturated heterocycles. The molecule has 43 heavy (non-hydrogen) atoms. The van der Waals surface area contributed by atoms with Crippen molar-refractivity contribution in [1.82, 2.24) is 9.97 Å². The molecule has 3 nitrogen and oxygen atoms in total. The van der Waals surface area contributed by atoms with E-state index in [1.54, 1.807) is 0 Å². The van der Waals surface area contributed by atoms with Gasteiger partial charge in [-0.15, -0.1) is 0 Å². The molecule has 0 unspecified atom stereocenters. The van der Waals surface area contributed by atoms with Crippen LogP contribution in [0.3, 0.4) is 0 Å². The lowest BCUT2D eigenvalue weighted by atomic mass is 10.0. The van der Waals surface area contributed by atoms with Gasteiger partial charge in [0.1, 0.15) is 11.6 Å². The molecule has 7 rings (SSSR count). The highest BCUT2D eigenvalue weighted by molar-refractivity contribution is 5.78. The summed E-state index contributed by atoms with van der Waals surface area (Å²) < 4.78 is 0. The van der Waals surface area contributed by atoms with Crippen molar-refractivity contribution in [2.75, 3.05) is 4.90 Å². The maximum Gasteiger partial charge on any atom is 0.139 e. The van der Waals surface area contributed by atoms with Gasteiger partial charge in [0.25, 0.3) is 0 Å². The molecule has 0 fully saturated rings. The van der Waals surface area contributed by atoms with Crippen LogP contribution in [-0.4, -0.2) is 9.97 Å². The highest BCUT2D eigenvalue weighted by Gasteiger charge is 2.17. The Labute approximate surface area is 252 Å². The molecule has 0 aliphatic carbocycles. The van der Waals surface area contributed by atoms with Crippen molar-refractivity contribution < 1.29 is 0 Å². The van der Waals surface area contributed by atoms with E-state index in [0.29, 0.717) is 0 Å². The first-order valence-electron chi connectivity index (χ1n) is 14.4. The molecule has 0 spiro atoms. The summed E-state index contributed by atoms with van der Waals surface area (Å²) in [5.74, 6) is 1.60. The van der Waals surface area contributed by atoms with Crippen LogP contribution in [0.5, 0.6) is 0 Å². The molecule has 5 aromatic carbocycles. The van der Waals surface area contributed by atoms with Gasteiger partial charge in [-0.25, -0.2) is 9.97 Å². The Kier molecular flexibility index (Phi) is 7.27. The van der Waals surface area contributed by atoms with Crippen LogP contribution in [0.25, 0.3) is 44.8 Å². The highest BCUT2D eigenvalue weighted by Crippen LogP contribution is 2.35. The molecule has 3 heteroatoms. The zero-order chi connectivity index (χ0) is 28.8. The normalized spacial score (nSPS) is 10.8. The zero-order valence-electron chi connectivity index (χ0n) is 23.6. The van der Waals surface area contributed by atoms with Crippen LogP contribution in [-0.2, 0) is 0 Å². The van der Waals surface area contributed by atoms with Gasteiger partial charge >= 0.3 is 0 Å². The summed E-state index contributed by atoms with van der Waals surface area (Å²) in [5, 5.41) is 0. The molecule has 0 saturated carbocycles. The molecule has 0 bridgehead atoms. The van der Waals surface area contributed by atoms with Crippen molar-refractivity contribution in [1.29, 1.82) is 0 Å². The SMILES string of the molecule is c1ccc(-c2cccc(-c3cccc(N(c4ccccc4)c4cccc(-c5cccc(-c6ccccc6)c5)n4)n3)c2)cc1. The van der Waals surface area contributed by atoms with Crippen molar-refractivity contribution in [3.8, 4) is 44.8 Å². The summed E-state index contributed by atoms with van der Waals surface area (Å²) in [6, 6.07) is 60.6. The predicted molar refractivity (Wildman–Crippen MR) is 178 cm³/mol. The number of nitrogens with zero attached hydrogens (tertiary/aromatic N) is 3. The average molecular weight is 552 g/mol. The molecular weight excluding hydrogens is 522 g/mol. The molecule has 0 amide bonds. The van der Waals surface area contributed by atoms with E-state index in [4.69, 9.17) is 9.97 Å². The van der Waals surface area contributed by atoms with Gasteiger partial charge in [-0.1, -0.05) is 127 Å². The quantitative estimate of drug-likeness (QED) is 0.197. The van der Waals surface area contributed by atoms with E-state index in [9.17, 15) is 0 Å². The molecule has 0 atom stereocenters. The third kappa shape index (κ3) is 5.70. The van der Waals surface area contributed by atoms with Crippen LogP contribution in [0.15, 0.2) is 176 Å². The minimum absolute atomic E-state index is 0.802. The Bertz CT molecular complexity index is 1840. The summed E-state index contributed by atoms with van der Waals surface area (Å²) in [6.45, 7) is 0. The molecule has 0 radical (unpaired) electrons. The van der Waals surface area contributed by atoms with Crippen LogP contribution >= 0.6 is 0 Å². The summed E-state index contributed by atoms with van der Waals surface area (Å²) in [5.41, 5.74) is 9.63. The molecule has 2 aromatic heterocycles. The lowest BCUT2D eigenvalue weighted by Gasteiger charge is -2.24. The van der Waals surface area contributed by atoms with Gasteiger partial charge in [0.15, 0.2) is 0 Å². The van der Waals surface area contributed by atoms with Crippen molar-refractivity contribution in [3.63, 3.8) is 0 Å². The van der Waals surface area contributed by atoms with E-state index in [2.05, 4.69) is 138 Å². The standard InChI is InChI=1S/C40H29N3/c1-4-14-30(15-5-1)32-18-10-20-34(28-32)37-24-12-26-39(41-37)43(36-22-8-3-9-23-36)40-27-13-25-38(42-40)35-21-11-19-33(29-35)31-16-6-2-7-17-31/h1-29H. The molecule has 204 valence electrons. The molecule has 2 heterocycles. The number of hydrogen-bond acceptors (Lipinski definition) is 3. The van der Waals surface area contributed by atoms with E-state index in [0.717, 1.165) is 51.0 Å². The Hall–Kier alpha value is -5.80. The number of anilines is 3. The zero-order valence-corrected chi connectivity index (χ0v) is 23.6. The van der Waals surface area contributed by atoms with E-state index < -0.39 is 0 Å². The number of aromatic nitrogens is 2. The Morgan fingerprint density at radius 3 is 1.14 bits per heavy atom. The largest absolute Gasteiger partial charge is 0.279 e. The van der Waals surface area contributed by atoms with Crippen molar-refractivity contribution in [2.24, 2.45) is 0 Å².